The highest BCUT2D eigenvalue weighted by Gasteiger charge is 2.10. The highest BCUT2D eigenvalue weighted by Crippen LogP contribution is 2.18. The third-order valence-electron chi connectivity index (χ3n) is 4.18. The molecular formula is C21H21N3O4. The Bertz CT molecular complexity index is 961. The minimum Gasteiger partial charge on any atom is -0.459 e. The lowest BCUT2D eigenvalue weighted by atomic mass is 10.0. The zero-order valence-corrected chi connectivity index (χ0v) is 15.2. The first-order valence-electron chi connectivity index (χ1n) is 8.99. The molecule has 2 aromatic carbocycles. The Morgan fingerprint density at radius 1 is 0.857 bits per heavy atom. The van der Waals surface area contributed by atoms with Crippen molar-refractivity contribution in [3.05, 3.63) is 72.2 Å². The van der Waals surface area contributed by atoms with E-state index in [0.717, 1.165) is 16.3 Å². The van der Waals surface area contributed by atoms with Crippen molar-refractivity contribution < 1.29 is 18.8 Å². The zero-order chi connectivity index (χ0) is 19.8. The molecule has 0 radical (unpaired) electrons. The molecule has 3 N–H and O–H groups in total. The van der Waals surface area contributed by atoms with Crippen LogP contribution in [0.5, 0.6) is 0 Å². The number of nitrogens with one attached hydrogen (secondary N) is 3. The molecule has 0 atom stereocenters. The minimum atomic E-state index is -0.325. The van der Waals surface area contributed by atoms with Gasteiger partial charge in [0.25, 0.3) is 5.91 Å². The first kappa shape index (κ1) is 19.2. The molecule has 0 aliphatic rings. The quantitative estimate of drug-likeness (QED) is 0.433. The Balaban J connectivity index is 1.37. The van der Waals surface area contributed by atoms with E-state index in [2.05, 4.69) is 16.2 Å². The van der Waals surface area contributed by atoms with Crippen LogP contribution in [0.3, 0.4) is 0 Å². The predicted molar refractivity (Wildman–Crippen MR) is 104 cm³/mol. The van der Waals surface area contributed by atoms with Crippen LogP contribution >= 0.6 is 0 Å². The number of carbonyl (C=O) groups excluding carboxylic acids is 3. The minimum absolute atomic E-state index is 0.167. The van der Waals surface area contributed by atoms with Gasteiger partial charge in [-0.25, -0.2) is 0 Å². The van der Waals surface area contributed by atoms with Crippen molar-refractivity contribution in [1.82, 2.24) is 16.2 Å². The van der Waals surface area contributed by atoms with Gasteiger partial charge < -0.3 is 9.73 Å². The van der Waals surface area contributed by atoms with Gasteiger partial charge in [0.05, 0.1) is 12.7 Å². The molecule has 3 aromatic rings. The summed E-state index contributed by atoms with van der Waals surface area (Å²) in [5, 5.41) is 4.73. The van der Waals surface area contributed by atoms with Gasteiger partial charge in [-0.2, -0.15) is 0 Å². The van der Waals surface area contributed by atoms with Crippen molar-refractivity contribution in [2.75, 3.05) is 6.54 Å². The number of hydrazine groups is 1. The molecule has 0 spiro atoms. The lowest BCUT2D eigenvalue weighted by Gasteiger charge is -2.09. The van der Waals surface area contributed by atoms with Crippen molar-refractivity contribution in [2.45, 2.75) is 19.3 Å². The van der Waals surface area contributed by atoms with Crippen LogP contribution < -0.4 is 16.2 Å². The van der Waals surface area contributed by atoms with Gasteiger partial charge >= 0.3 is 0 Å². The van der Waals surface area contributed by atoms with Gasteiger partial charge in [-0.15, -0.1) is 0 Å². The van der Waals surface area contributed by atoms with Crippen molar-refractivity contribution >= 4 is 28.5 Å². The summed E-state index contributed by atoms with van der Waals surface area (Å²) in [5.41, 5.74) is 5.72. The van der Waals surface area contributed by atoms with E-state index in [0.29, 0.717) is 13.0 Å². The number of benzene rings is 2. The summed E-state index contributed by atoms with van der Waals surface area (Å²) in [6, 6.07) is 16.8. The fraction of sp³-hybridized carbons (Fsp3) is 0.190. The van der Waals surface area contributed by atoms with E-state index < -0.39 is 0 Å². The maximum absolute atomic E-state index is 12.1. The number of furan rings is 1. The van der Waals surface area contributed by atoms with Crippen molar-refractivity contribution in [3.8, 4) is 0 Å². The fourth-order valence-electron chi connectivity index (χ4n) is 2.81. The Morgan fingerprint density at radius 2 is 1.64 bits per heavy atom. The van der Waals surface area contributed by atoms with Crippen LogP contribution in [0.2, 0.25) is 0 Å². The number of fused-ring (bicyclic) bond motifs is 1. The molecule has 3 rings (SSSR count). The van der Waals surface area contributed by atoms with E-state index >= 15 is 0 Å². The highest BCUT2D eigenvalue weighted by atomic mass is 16.3. The molecule has 0 saturated carbocycles. The molecule has 7 nitrogen and oxygen atoms in total. The lowest BCUT2D eigenvalue weighted by Crippen LogP contribution is -2.42. The second-order valence-corrected chi connectivity index (χ2v) is 6.25. The second kappa shape index (κ2) is 9.36. The van der Waals surface area contributed by atoms with Gasteiger partial charge in [0.15, 0.2) is 5.76 Å². The number of carbonyl (C=O) groups is 3. The number of amides is 3. The summed E-state index contributed by atoms with van der Waals surface area (Å²) in [6.07, 6.45) is 2.20. The summed E-state index contributed by atoms with van der Waals surface area (Å²) < 4.78 is 4.98. The van der Waals surface area contributed by atoms with Gasteiger partial charge in [-0.05, 0) is 34.9 Å². The van der Waals surface area contributed by atoms with Gasteiger partial charge in [0, 0.05) is 13.0 Å². The maximum atomic E-state index is 12.1. The van der Waals surface area contributed by atoms with E-state index in [1.54, 1.807) is 12.1 Å². The topological polar surface area (TPSA) is 100 Å². The van der Waals surface area contributed by atoms with Gasteiger partial charge in [0.2, 0.25) is 11.8 Å². The fourth-order valence-corrected chi connectivity index (χ4v) is 2.81. The first-order chi connectivity index (χ1) is 13.6. The smallest absolute Gasteiger partial charge is 0.286 e. The average Bonchev–Trinajstić information content (AvgIpc) is 3.25. The number of hydrogen-bond donors (Lipinski definition) is 3. The summed E-state index contributed by atoms with van der Waals surface area (Å²) in [6.45, 7) is 0.330. The summed E-state index contributed by atoms with van der Waals surface area (Å²) in [7, 11) is 0. The zero-order valence-electron chi connectivity index (χ0n) is 15.2. The standard InChI is InChI=1S/C21H21N3O4/c25-19(11-4-12-22-21(27)18-10-5-13-28-18)23-24-20(26)14-16-8-3-7-15-6-1-2-9-17(15)16/h1-3,5-10,13H,4,11-12,14H2,(H,22,27)(H,23,25)(H,24,26). The number of rotatable bonds is 7. The molecule has 0 bridgehead atoms. The summed E-state index contributed by atoms with van der Waals surface area (Å²) >= 11 is 0. The van der Waals surface area contributed by atoms with E-state index in [-0.39, 0.29) is 36.3 Å². The molecule has 7 heteroatoms. The molecule has 0 saturated heterocycles. The molecule has 28 heavy (non-hydrogen) atoms. The van der Waals surface area contributed by atoms with E-state index in [4.69, 9.17) is 4.42 Å². The van der Waals surface area contributed by atoms with Crippen LogP contribution in [0.15, 0.2) is 65.3 Å². The van der Waals surface area contributed by atoms with E-state index in [1.165, 1.54) is 6.26 Å². The number of hydrogen-bond acceptors (Lipinski definition) is 4. The van der Waals surface area contributed by atoms with Crippen LogP contribution in [-0.2, 0) is 16.0 Å². The Morgan fingerprint density at radius 3 is 2.46 bits per heavy atom. The molecule has 0 unspecified atom stereocenters. The predicted octanol–water partition coefficient (Wildman–Crippen LogP) is 2.33. The van der Waals surface area contributed by atoms with Crippen LogP contribution in [0.25, 0.3) is 10.8 Å². The summed E-state index contributed by atoms with van der Waals surface area (Å²) in [4.78, 5) is 35.6. The lowest BCUT2D eigenvalue weighted by molar-refractivity contribution is -0.128. The molecule has 3 amide bonds. The molecule has 1 heterocycles. The van der Waals surface area contributed by atoms with Crippen LogP contribution in [0, 0.1) is 0 Å². The third kappa shape index (κ3) is 5.20. The van der Waals surface area contributed by atoms with E-state index in [1.807, 2.05) is 42.5 Å². The van der Waals surface area contributed by atoms with Crippen LogP contribution in [0.1, 0.15) is 29.0 Å². The Labute approximate surface area is 162 Å². The molecule has 144 valence electrons. The first-order valence-corrected chi connectivity index (χ1v) is 8.99. The monoisotopic (exact) mass is 379 g/mol. The molecule has 0 aliphatic carbocycles. The van der Waals surface area contributed by atoms with E-state index in [9.17, 15) is 14.4 Å². The molecular weight excluding hydrogens is 358 g/mol. The molecule has 0 aliphatic heterocycles. The Kier molecular flexibility index (Phi) is 6.41. The molecule has 0 fully saturated rings. The third-order valence-corrected chi connectivity index (χ3v) is 4.18. The largest absolute Gasteiger partial charge is 0.459 e. The Hall–Kier alpha value is -3.61. The normalized spacial score (nSPS) is 10.4. The van der Waals surface area contributed by atoms with Crippen LogP contribution in [0.4, 0.5) is 0 Å². The maximum Gasteiger partial charge on any atom is 0.286 e. The van der Waals surface area contributed by atoms with Gasteiger partial charge in [-0.3, -0.25) is 25.2 Å². The van der Waals surface area contributed by atoms with Crippen molar-refractivity contribution in [1.29, 1.82) is 0 Å². The average molecular weight is 379 g/mol. The van der Waals surface area contributed by atoms with Gasteiger partial charge in [0.1, 0.15) is 0 Å². The van der Waals surface area contributed by atoms with Crippen LogP contribution in [-0.4, -0.2) is 24.3 Å². The highest BCUT2D eigenvalue weighted by molar-refractivity contribution is 5.92. The summed E-state index contributed by atoms with van der Waals surface area (Å²) in [5.74, 6) is -0.715. The van der Waals surface area contributed by atoms with Crippen molar-refractivity contribution in [3.63, 3.8) is 0 Å². The van der Waals surface area contributed by atoms with Crippen molar-refractivity contribution in [2.24, 2.45) is 0 Å². The second-order valence-electron chi connectivity index (χ2n) is 6.25. The molecule has 1 aromatic heterocycles. The van der Waals surface area contributed by atoms with Gasteiger partial charge in [-0.1, -0.05) is 42.5 Å². The SMILES string of the molecule is O=C(CCCNC(=O)c1ccco1)NNC(=O)Cc1cccc2ccccc12.